The van der Waals surface area contributed by atoms with E-state index in [-0.39, 0.29) is 12.7 Å². The van der Waals surface area contributed by atoms with Gasteiger partial charge in [-0.05, 0) is 30.7 Å². The molecule has 8 heteroatoms. The van der Waals surface area contributed by atoms with Crippen LogP contribution in [-0.4, -0.2) is 54.7 Å². The molecule has 2 aromatic carbocycles. The molecule has 2 heterocycles. The lowest BCUT2D eigenvalue weighted by molar-refractivity contribution is 0.0530. The van der Waals surface area contributed by atoms with E-state index in [0.717, 1.165) is 22.2 Å². The molecule has 1 amide bonds. The predicted octanol–water partition coefficient (Wildman–Crippen LogP) is 3.39. The molecule has 8 nitrogen and oxygen atoms in total. The number of nitrogens with zero attached hydrogens (tertiary/aromatic N) is 2. The van der Waals surface area contributed by atoms with Crippen LogP contribution in [0.5, 0.6) is 0 Å². The summed E-state index contributed by atoms with van der Waals surface area (Å²) in [7, 11) is 0. The summed E-state index contributed by atoms with van der Waals surface area (Å²) >= 11 is 0. The smallest absolute Gasteiger partial charge is 0.410 e. The summed E-state index contributed by atoms with van der Waals surface area (Å²) in [6.07, 6.45) is -0.296. The Kier molecular flexibility index (Phi) is 5.97. The van der Waals surface area contributed by atoms with Gasteiger partial charge in [-0.25, -0.2) is 9.59 Å². The van der Waals surface area contributed by atoms with E-state index in [9.17, 15) is 9.59 Å². The molecule has 1 fully saturated rings. The topological polar surface area (TPSA) is 101 Å². The molecule has 1 aromatic heterocycles. The fraction of sp³-hybridized carbons (Fsp3) is 0.304. The largest absolute Gasteiger partial charge is 0.462 e. The Bertz CT molecular complexity index is 1070. The minimum atomic E-state index is -0.429. The molecule has 0 unspecified atom stereocenters. The number of hydrogen-bond acceptors (Lipinski definition) is 6. The maximum Gasteiger partial charge on any atom is 0.410 e. The lowest BCUT2D eigenvalue weighted by Crippen LogP contribution is -2.48. The minimum Gasteiger partial charge on any atom is -0.462 e. The van der Waals surface area contributed by atoms with Crippen molar-refractivity contribution in [3.05, 3.63) is 59.7 Å². The third-order valence-corrected chi connectivity index (χ3v) is 5.40. The van der Waals surface area contributed by atoms with Gasteiger partial charge in [0.1, 0.15) is 18.0 Å². The Morgan fingerprint density at radius 2 is 1.77 bits per heavy atom. The first kappa shape index (κ1) is 20.6. The van der Waals surface area contributed by atoms with Gasteiger partial charge in [-0.2, -0.15) is 0 Å². The van der Waals surface area contributed by atoms with Crippen LogP contribution in [0.2, 0.25) is 0 Å². The average Bonchev–Trinajstić information content (AvgIpc) is 3.13. The van der Waals surface area contributed by atoms with Crippen LogP contribution in [-0.2, 0) is 16.1 Å². The Labute approximate surface area is 180 Å². The summed E-state index contributed by atoms with van der Waals surface area (Å²) in [5, 5.41) is 0.739. The number of aromatic nitrogens is 1. The summed E-state index contributed by atoms with van der Waals surface area (Å²) in [6.45, 7) is 4.85. The van der Waals surface area contributed by atoms with Gasteiger partial charge < -0.3 is 30.0 Å². The van der Waals surface area contributed by atoms with Crippen LogP contribution in [0.25, 0.3) is 10.9 Å². The van der Waals surface area contributed by atoms with E-state index in [1.807, 2.05) is 48.5 Å². The number of carbonyl (C=O) groups excluding carboxylic acids is 2. The number of amides is 1. The number of esters is 1. The minimum absolute atomic E-state index is 0.271. The van der Waals surface area contributed by atoms with Crippen molar-refractivity contribution < 1.29 is 19.1 Å². The van der Waals surface area contributed by atoms with Crippen molar-refractivity contribution in [1.29, 1.82) is 0 Å². The third kappa shape index (κ3) is 4.42. The number of benzene rings is 2. The standard InChI is InChI=1S/C23H26N4O4/c1-2-30-22(28)20-18-9-8-17(14-19(18)25-21(20)24)26-10-12-27(13-11-26)23(29)31-15-16-6-4-3-5-7-16/h3-9,14,25H,2,10-13,15,24H2,1H3. The molecule has 3 aromatic rings. The number of hydrogen-bond donors (Lipinski definition) is 2. The molecular weight excluding hydrogens is 396 g/mol. The van der Waals surface area contributed by atoms with Crippen LogP contribution >= 0.6 is 0 Å². The Hall–Kier alpha value is -3.68. The molecule has 0 bridgehead atoms. The van der Waals surface area contributed by atoms with E-state index in [0.29, 0.717) is 44.2 Å². The number of fused-ring (bicyclic) bond motifs is 1. The molecule has 0 spiro atoms. The van der Waals surface area contributed by atoms with Gasteiger partial charge in [-0.15, -0.1) is 0 Å². The Balaban J connectivity index is 1.38. The van der Waals surface area contributed by atoms with Crippen molar-refractivity contribution >= 4 is 34.5 Å². The van der Waals surface area contributed by atoms with Gasteiger partial charge in [0.15, 0.2) is 0 Å². The maximum absolute atomic E-state index is 12.4. The highest BCUT2D eigenvalue weighted by atomic mass is 16.6. The zero-order valence-electron chi connectivity index (χ0n) is 17.5. The quantitative estimate of drug-likeness (QED) is 0.612. The van der Waals surface area contributed by atoms with E-state index in [2.05, 4.69) is 9.88 Å². The summed E-state index contributed by atoms with van der Waals surface area (Å²) in [6, 6.07) is 15.5. The lowest BCUT2D eigenvalue weighted by atomic mass is 10.1. The van der Waals surface area contributed by atoms with Crippen molar-refractivity contribution in [2.75, 3.05) is 43.4 Å². The number of piperazine rings is 1. The molecular formula is C23H26N4O4. The number of nitrogens with one attached hydrogen (secondary N) is 1. The summed E-state index contributed by atoms with van der Waals surface area (Å²) in [5.74, 6) is -0.127. The van der Waals surface area contributed by atoms with Crippen molar-refractivity contribution in [2.24, 2.45) is 0 Å². The monoisotopic (exact) mass is 422 g/mol. The maximum atomic E-state index is 12.4. The molecule has 0 aliphatic carbocycles. The second-order valence-corrected chi connectivity index (χ2v) is 7.38. The molecule has 4 rings (SSSR count). The van der Waals surface area contributed by atoms with Crippen molar-refractivity contribution in [3.63, 3.8) is 0 Å². The van der Waals surface area contributed by atoms with E-state index >= 15 is 0 Å². The molecule has 1 aliphatic heterocycles. The number of anilines is 2. The normalized spacial score (nSPS) is 14.0. The first-order chi connectivity index (χ1) is 15.1. The molecule has 1 aliphatic rings. The summed E-state index contributed by atoms with van der Waals surface area (Å²) in [4.78, 5) is 31.6. The zero-order valence-corrected chi connectivity index (χ0v) is 17.5. The van der Waals surface area contributed by atoms with Gasteiger partial charge in [-0.1, -0.05) is 30.3 Å². The number of H-pyrrole nitrogens is 1. The van der Waals surface area contributed by atoms with E-state index in [4.69, 9.17) is 15.2 Å². The van der Waals surface area contributed by atoms with E-state index < -0.39 is 5.97 Å². The van der Waals surface area contributed by atoms with Crippen LogP contribution in [0.3, 0.4) is 0 Å². The van der Waals surface area contributed by atoms with Gasteiger partial charge in [0, 0.05) is 42.8 Å². The molecule has 0 saturated carbocycles. The zero-order chi connectivity index (χ0) is 21.8. The highest BCUT2D eigenvalue weighted by Gasteiger charge is 2.24. The number of rotatable bonds is 5. The van der Waals surface area contributed by atoms with Gasteiger partial charge in [-0.3, -0.25) is 0 Å². The van der Waals surface area contributed by atoms with Crippen molar-refractivity contribution in [2.45, 2.75) is 13.5 Å². The molecule has 0 radical (unpaired) electrons. The fourth-order valence-electron chi connectivity index (χ4n) is 3.78. The lowest BCUT2D eigenvalue weighted by Gasteiger charge is -2.35. The Morgan fingerprint density at radius 1 is 1.03 bits per heavy atom. The van der Waals surface area contributed by atoms with Gasteiger partial charge >= 0.3 is 12.1 Å². The average molecular weight is 422 g/mol. The van der Waals surface area contributed by atoms with Gasteiger partial charge in [0.2, 0.25) is 0 Å². The SMILES string of the molecule is CCOC(=O)c1c(N)[nH]c2cc(N3CCN(C(=O)OCc4ccccc4)CC3)ccc12. The van der Waals surface area contributed by atoms with E-state index in [1.54, 1.807) is 11.8 Å². The first-order valence-electron chi connectivity index (χ1n) is 10.4. The van der Waals surface area contributed by atoms with E-state index in [1.165, 1.54) is 0 Å². The van der Waals surface area contributed by atoms with Crippen LogP contribution in [0, 0.1) is 0 Å². The number of nitrogens with two attached hydrogens (primary N) is 1. The highest BCUT2D eigenvalue weighted by Crippen LogP contribution is 2.29. The van der Waals surface area contributed by atoms with Crippen LogP contribution < -0.4 is 10.6 Å². The van der Waals surface area contributed by atoms with Gasteiger partial charge in [0.05, 0.1) is 6.61 Å². The van der Waals surface area contributed by atoms with Crippen LogP contribution in [0.1, 0.15) is 22.8 Å². The molecule has 162 valence electrons. The second kappa shape index (κ2) is 8.99. The van der Waals surface area contributed by atoms with Crippen molar-refractivity contribution in [1.82, 2.24) is 9.88 Å². The van der Waals surface area contributed by atoms with Crippen LogP contribution in [0.4, 0.5) is 16.3 Å². The van der Waals surface area contributed by atoms with Crippen LogP contribution in [0.15, 0.2) is 48.5 Å². The van der Waals surface area contributed by atoms with Gasteiger partial charge in [0.25, 0.3) is 0 Å². The number of nitrogen functional groups attached to an aromatic ring is 1. The molecule has 0 atom stereocenters. The first-order valence-corrected chi connectivity index (χ1v) is 10.4. The van der Waals surface area contributed by atoms with Crippen molar-refractivity contribution in [3.8, 4) is 0 Å². The summed E-state index contributed by atoms with van der Waals surface area (Å²) < 4.78 is 10.5. The molecule has 1 saturated heterocycles. The molecule has 31 heavy (non-hydrogen) atoms. The Morgan fingerprint density at radius 3 is 2.48 bits per heavy atom. The second-order valence-electron chi connectivity index (χ2n) is 7.38. The fourth-order valence-corrected chi connectivity index (χ4v) is 3.78. The predicted molar refractivity (Wildman–Crippen MR) is 119 cm³/mol. The number of aromatic amines is 1. The third-order valence-electron chi connectivity index (χ3n) is 5.40. The summed E-state index contributed by atoms with van der Waals surface area (Å²) in [5.41, 5.74) is 9.13. The molecule has 3 N–H and O–H groups in total. The number of ether oxygens (including phenoxy) is 2. The highest BCUT2D eigenvalue weighted by molar-refractivity contribution is 6.09. The number of carbonyl (C=O) groups is 2.